The van der Waals surface area contributed by atoms with Gasteiger partial charge in [-0.1, -0.05) is 42.4 Å². The molecule has 2 fully saturated rings. The Bertz CT molecular complexity index is 1530. The molecule has 176 valence electrons. The molecule has 3 heterocycles. The van der Waals surface area contributed by atoms with Gasteiger partial charge in [0.1, 0.15) is 35.0 Å². The molecule has 1 N–H and O–H groups in total. The zero-order valence-corrected chi connectivity index (χ0v) is 19.5. The summed E-state index contributed by atoms with van der Waals surface area (Å²) in [5.74, 6) is -0.134. The monoisotopic (exact) mass is 490 g/mol. The number of rotatable bonds is 3. The fourth-order valence-electron chi connectivity index (χ4n) is 5.14. The zero-order chi connectivity index (χ0) is 24.3. The van der Waals surface area contributed by atoms with Crippen LogP contribution in [-0.4, -0.2) is 50.9 Å². The summed E-state index contributed by atoms with van der Waals surface area (Å²) >= 11 is 6.27. The molecule has 2 aromatic heterocycles. The van der Waals surface area contributed by atoms with E-state index in [0.29, 0.717) is 53.0 Å². The van der Waals surface area contributed by atoms with Crippen molar-refractivity contribution < 1.29 is 8.78 Å². The van der Waals surface area contributed by atoms with Crippen molar-refractivity contribution >= 4 is 44.9 Å². The lowest BCUT2D eigenvalue weighted by Gasteiger charge is -2.43. The number of hydrogen-bond donors (Lipinski definition) is 1. The van der Waals surface area contributed by atoms with E-state index in [2.05, 4.69) is 31.3 Å². The second kappa shape index (κ2) is 7.95. The van der Waals surface area contributed by atoms with Gasteiger partial charge in [-0.2, -0.15) is 0 Å². The first-order valence-corrected chi connectivity index (χ1v) is 11.7. The van der Waals surface area contributed by atoms with Crippen molar-refractivity contribution in [2.45, 2.75) is 18.4 Å². The highest BCUT2D eigenvalue weighted by Gasteiger charge is 2.52. The van der Waals surface area contributed by atoms with Gasteiger partial charge in [-0.3, -0.25) is 10.4 Å². The average Bonchev–Trinajstić information content (AvgIpc) is 3.64. The Labute approximate surface area is 205 Å². The quantitative estimate of drug-likeness (QED) is 0.299. The summed E-state index contributed by atoms with van der Waals surface area (Å²) in [5, 5.41) is 9.76. The number of hydrogen-bond acceptors (Lipinski definition) is 5. The third-order valence-corrected chi connectivity index (χ3v) is 7.42. The van der Waals surface area contributed by atoms with Crippen LogP contribution in [0, 0.1) is 17.0 Å². The minimum atomic E-state index is -0.604. The summed E-state index contributed by atoms with van der Waals surface area (Å²) in [6.07, 6.45) is 6.47. The molecular formula is C26H21ClF2N6. The lowest BCUT2D eigenvalue weighted by Crippen LogP contribution is -2.56. The molecule has 1 spiro atoms. The molecule has 1 aliphatic heterocycles. The molecule has 1 saturated heterocycles. The van der Waals surface area contributed by atoms with Crippen molar-refractivity contribution in [2.24, 2.45) is 0 Å². The van der Waals surface area contributed by atoms with Gasteiger partial charge >= 0.3 is 0 Å². The summed E-state index contributed by atoms with van der Waals surface area (Å²) in [4.78, 5) is 17.4. The minimum Gasteiger partial charge on any atom is -0.352 e. The number of benzene rings is 2. The van der Waals surface area contributed by atoms with Crippen molar-refractivity contribution in [3.63, 3.8) is 0 Å². The van der Waals surface area contributed by atoms with Crippen LogP contribution in [0.15, 0.2) is 55.5 Å². The number of aromatic nitrogens is 3. The van der Waals surface area contributed by atoms with Crippen LogP contribution >= 0.6 is 11.6 Å². The van der Waals surface area contributed by atoms with Gasteiger partial charge in [0.15, 0.2) is 5.82 Å². The minimum absolute atomic E-state index is 0.0585. The first-order valence-electron chi connectivity index (χ1n) is 11.3. The topological polar surface area (TPSA) is 69.0 Å². The van der Waals surface area contributed by atoms with Crippen LogP contribution in [0.1, 0.15) is 12.8 Å². The first kappa shape index (κ1) is 21.9. The van der Waals surface area contributed by atoms with Gasteiger partial charge in [0.05, 0.1) is 15.9 Å². The van der Waals surface area contributed by atoms with E-state index < -0.39 is 11.6 Å². The van der Waals surface area contributed by atoms with E-state index in [-0.39, 0.29) is 21.8 Å². The van der Waals surface area contributed by atoms with Crippen LogP contribution in [0.2, 0.25) is 5.02 Å². The molecule has 6 nitrogen and oxygen atoms in total. The lowest BCUT2D eigenvalue weighted by molar-refractivity contribution is 0.259. The van der Waals surface area contributed by atoms with Gasteiger partial charge in [0, 0.05) is 36.8 Å². The van der Waals surface area contributed by atoms with Crippen LogP contribution in [0.5, 0.6) is 0 Å². The van der Waals surface area contributed by atoms with Crippen LogP contribution in [0.3, 0.4) is 0 Å². The van der Waals surface area contributed by atoms with Crippen molar-refractivity contribution in [3.05, 3.63) is 72.2 Å². The summed E-state index contributed by atoms with van der Waals surface area (Å²) in [7, 11) is 0. The van der Waals surface area contributed by atoms with E-state index in [4.69, 9.17) is 17.0 Å². The largest absolute Gasteiger partial charge is 0.352 e. The van der Waals surface area contributed by atoms with Crippen LogP contribution in [0.25, 0.3) is 32.9 Å². The highest BCUT2D eigenvalue weighted by molar-refractivity contribution is 6.36. The van der Waals surface area contributed by atoms with Crippen molar-refractivity contribution in [1.29, 1.82) is 5.41 Å². The van der Waals surface area contributed by atoms with Crippen molar-refractivity contribution in [2.75, 3.05) is 24.5 Å². The van der Waals surface area contributed by atoms with Crippen LogP contribution in [-0.2, 0) is 0 Å². The molecule has 1 aliphatic carbocycles. The highest BCUT2D eigenvalue weighted by Crippen LogP contribution is 2.46. The molecule has 0 bridgehead atoms. The number of anilines is 1. The molecule has 0 unspecified atom stereocenters. The third kappa shape index (κ3) is 3.35. The fourth-order valence-corrected chi connectivity index (χ4v) is 5.42. The molecular weight excluding hydrogens is 470 g/mol. The highest BCUT2D eigenvalue weighted by atomic mass is 35.5. The summed E-state index contributed by atoms with van der Waals surface area (Å²) in [6.45, 7) is 5.71. The number of amidine groups is 1. The molecule has 0 atom stereocenters. The van der Waals surface area contributed by atoms with Gasteiger partial charge < -0.3 is 9.80 Å². The van der Waals surface area contributed by atoms with E-state index in [1.54, 1.807) is 36.5 Å². The Hall–Kier alpha value is -3.65. The van der Waals surface area contributed by atoms with Crippen molar-refractivity contribution in [3.8, 4) is 11.3 Å². The molecule has 1 saturated carbocycles. The number of pyridine rings is 1. The number of nitrogens with zero attached hydrogens (tertiary/aromatic N) is 5. The van der Waals surface area contributed by atoms with E-state index in [0.717, 1.165) is 12.8 Å². The molecule has 9 heteroatoms. The molecule has 4 aromatic rings. The SMILES string of the molecule is C=CC(=N)N1CCN(c2ncnc3c(F)c(-c4cccc5ccc(F)c(Cl)c45)ncc23)CC12CC2. The van der Waals surface area contributed by atoms with Crippen LogP contribution < -0.4 is 4.90 Å². The first-order chi connectivity index (χ1) is 16.9. The Kier molecular flexibility index (Phi) is 4.96. The number of halogens is 3. The van der Waals surface area contributed by atoms with E-state index in [1.807, 2.05) is 0 Å². The third-order valence-electron chi connectivity index (χ3n) is 7.05. The Morgan fingerprint density at radius 3 is 2.71 bits per heavy atom. The number of piperazine rings is 1. The maximum absolute atomic E-state index is 15.9. The average molecular weight is 491 g/mol. The second-order valence-electron chi connectivity index (χ2n) is 9.03. The standard InChI is InChI=1S/C26H21ClF2N6/c1-2-19(30)35-11-10-34(13-26(35)8-9-26)25-17-12-31-23(22(29)24(17)32-14-33-25)16-5-3-4-15-6-7-18(28)21(27)20(15)16/h2-7,12,14,30H,1,8-11,13H2. The second-order valence-corrected chi connectivity index (χ2v) is 9.41. The zero-order valence-electron chi connectivity index (χ0n) is 18.7. The fraction of sp³-hybridized carbons (Fsp3) is 0.231. The molecule has 2 aliphatic rings. The van der Waals surface area contributed by atoms with Gasteiger partial charge in [0.25, 0.3) is 0 Å². The van der Waals surface area contributed by atoms with Gasteiger partial charge in [-0.05, 0) is 30.4 Å². The molecule has 0 radical (unpaired) electrons. The van der Waals surface area contributed by atoms with Crippen LogP contribution in [0.4, 0.5) is 14.6 Å². The Morgan fingerprint density at radius 2 is 1.94 bits per heavy atom. The predicted octanol–water partition coefficient (Wildman–Crippen LogP) is 5.59. The smallest absolute Gasteiger partial charge is 0.175 e. The van der Waals surface area contributed by atoms with Gasteiger partial charge in [-0.15, -0.1) is 0 Å². The van der Waals surface area contributed by atoms with E-state index >= 15 is 4.39 Å². The predicted molar refractivity (Wildman–Crippen MR) is 134 cm³/mol. The van der Waals surface area contributed by atoms with Gasteiger partial charge in [-0.25, -0.2) is 18.7 Å². The summed E-state index contributed by atoms with van der Waals surface area (Å²) < 4.78 is 30.1. The maximum atomic E-state index is 15.9. The number of fused-ring (bicyclic) bond motifs is 2. The normalized spacial score (nSPS) is 16.8. The summed E-state index contributed by atoms with van der Waals surface area (Å²) in [5.41, 5.74) is 0.495. The molecule has 0 amide bonds. The van der Waals surface area contributed by atoms with Gasteiger partial charge in [0.2, 0.25) is 0 Å². The lowest BCUT2D eigenvalue weighted by atomic mass is 10.0. The Morgan fingerprint density at radius 1 is 1.11 bits per heavy atom. The van der Waals surface area contributed by atoms with Crippen molar-refractivity contribution in [1.82, 2.24) is 19.9 Å². The van der Waals surface area contributed by atoms with E-state index in [1.165, 1.54) is 12.4 Å². The maximum Gasteiger partial charge on any atom is 0.175 e. The molecule has 35 heavy (non-hydrogen) atoms. The molecule has 6 rings (SSSR count). The summed E-state index contributed by atoms with van der Waals surface area (Å²) in [6, 6.07) is 8.14. The Balaban J connectivity index is 1.44. The molecule has 2 aromatic carbocycles. The number of nitrogens with one attached hydrogen (secondary N) is 1. The van der Waals surface area contributed by atoms with E-state index in [9.17, 15) is 4.39 Å².